The molecule has 2 aromatic carbocycles. The van der Waals surface area contributed by atoms with Gasteiger partial charge in [0, 0.05) is 49.8 Å². The Balaban J connectivity index is 1.21. The zero-order valence-electron chi connectivity index (χ0n) is 17.3. The summed E-state index contributed by atoms with van der Waals surface area (Å²) in [6.45, 7) is 3.98. The third-order valence-corrected chi connectivity index (χ3v) is 5.47. The van der Waals surface area contributed by atoms with Gasteiger partial charge in [0.15, 0.2) is 11.6 Å². The molecule has 1 aliphatic heterocycles. The fourth-order valence-corrected chi connectivity index (χ4v) is 3.65. The van der Waals surface area contributed by atoms with E-state index >= 15 is 0 Å². The van der Waals surface area contributed by atoms with E-state index in [2.05, 4.69) is 15.5 Å². The van der Waals surface area contributed by atoms with Crippen LogP contribution >= 0.6 is 0 Å². The largest absolute Gasteiger partial charge is 0.421 e. The Morgan fingerprint density at radius 3 is 2.74 bits per heavy atom. The molecule has 8 heteroatoms. The van der Waals surface area contributed by atoms with E-state index in [4.69, 9.17) is 4.42 Å². The summed E-state index contributed by atoms with van der Waals surface area (Å²) in [5.41, 5.74) is 2.66. The van der Waals surface area contributed by atoms with E-state index in [9.17, 15) is 13.6 Å². The maximum atomic E-state index is 13.4. The Morgan fingerprint density at radius 2 is 1.97 bits per heavy atom. The molecule has 0 bridgehead atoms. The third kappa shape index (κ3) is 5.25. The topological polar surface area (TPSA) is 71.3 Å². The molecule has 1 unspecified atom stereocenters. The van der Waals surface area contributed by atoms with E-state index in [0.29, 0.717) is 37.0 Å². The van der Waals surface area contributed by atoms with Gasteiger partial charge in [0.05, 0.1) is 0 Å². The molecule has 2 heterocycles. The standard InChI is InChI=1S/C23H24F2N4O2/c1-15-2-4-17(5-3-15)23-28-27-22(31-23)9-8-21(30)26-13-16-10-11-29(14-16)18-6-7-19(24)20(25)12-18/h2-7,12,16H,8-11,13-14H2,1H3,(H,26,30). The molecule has 1 atom stereocenters. The summed E-state index contributed by atoms with van der Waals surface area (Å²) in [6.07, 6.45) is 1.51. The first-order chi connectivity index (χ1) is 15.0. The highest BCUT2D eigenvalue weighted by Crippen LogP contribution is 2.25. The van der Waals surface area contributed by atoms with Gasteiger partial charge in [-0.3, -0.25) is 4.79 Å². The van der Waals surface area contributed by atoms with Crippen molar-refractivity contribution < 1.29 is 18.0 Å². The average molecular weight is 426 g/mol. The summed E-state index contributed by atoms with van der Waals surface area (Å²) in [5.74, 6) is -0.649. The number of halogens is 2. The molecule has 0 aliphatic carbocycles. The van der Waals surface area contributed by atoms with Gasteiger partial charge in [0.2, 0.25) is 17.7 Å². The van der Waals surface area contributed by atoms with Gasteiger partial charge in [0.25, 0.3) is 0 Å². The first-order valence-electron chi connectivity index (χ1n) is 10.3. The summed E-state index contributed by atoms with van der Waals surface area (Å²) < 4.78 is 32.2. The zero-order valence-corrected chi connectivity index (χ0v) is 17.3. The molecular formula is C23H24F2N4O2. The van der Waals surface area contributed by atoms with Crippen molar-refractivity contribution in [3.63, 3.8) is 0 Å². The average Bonchev–Trinajstić information content (AvgIpc) is 3.43. The lowest BCUT2D eigenvalue weighted by atomic mass is 10.1. The summed E-state index contributed by atoms with van der Waals surface area (Å²) in [6, 6.07) is 11.7. The molecule has 4 rings (SSSR count). The summed E-state index contributed by atoms with van der Waals surface area (Å²) in [7, 11) is 0. The number of aromatic nitrogens is 2. The number of carbonyl (C=O) groups is 1. The van der Waals surface area contributed by atoms with E-state index < -0.39 is 11.6 Å². The molecule has 31 heavy (non-hydrogen) atoms. The van der Waals surface area contributed by atoms with Gasteiger partial charge in [0.1, 0.15) is 0 Å². The number of carbonyl (C=O) groups excluding carboxylic acids is 1. The lowest BCUT2D eigenvalue weighted by Gasteiger charge is -2.19. The fourth-order valence-electron chi connectivity index (χ4n) is 3.65. The summed E-state index contributed by atoms with van der Waals surface area (Å²) in [4.78, 5) is 14.2. The molecule has 0 radical (unpaired) electrons. The Morgan fingerprint density at radius 1 is 1.16 bits per heavy atom. The van der Waals surface area contributed by atoms with Crippen LogP contribution in [0.3, 0.4) is 0 Å². The van der Waals surface area contributed by atoms with Crippen molar-refractivity contribution >= 4 is 11.6 Å². The smallest absolute Gasteiger partial charge is 0.247 e. The number of rotatable bonds is 7. The van der Waals surface area contributed by atoms with Crippen LogP contribution in [0.15, 0.2) is 46.9 Å². The molecule has 1 aromatic heterocycles. The van der Waals surface area contributed by atoms with E-state index in [-0.39, 0.29) is 18.2 Å². The Labute approximate surface area is 179 Å². The number of nitrogens with one attached hydrogen (secondary N) is 1. The third-order valence-electron chi connectivity index (χ3n) is 5.47. The SMILES string of the molecule is Cc1ccc(-c2nnc(CCC(=O)NCC3CCN(c4ccc(F)c(F)c4)C3)o2)cc1. The van der Waals surface area contributed by atoms with Crippen molar-refractivity contribution in [2.75, 3.05) is 24.5 Å². The minimum atomic E-state index is -0.848. The highest BCUT2D eigenvalue weighted by molar-refractivity contribution is 5.76. The van der Waals surface area contributed by atoms with E-state index in [1.807, 2.05) is 36.1 Å². The highest BCUT2D eigenvalue weighted by atomic mass is 19.2. The van der Waals surface area contributed by atoms with Crippen LogP contribution in [0.5, 0.6) is 0 Å². The molecule has 1 N–H and O–H groups in total. The molecule has 162 valence electrons. The van der Waals surface area contributed by atoms with Crippen LogP contribution in [-0.2, 0) is 11.2 Å². The number of nitrogens with zero attached hydrogens (tertiary/aromatic N) is 3. The van der Waals surface area contributed by atoms with Crippen LogP contribution in [-0.4, -0.2) is 35.7 Å². The fraction of sp³-hybridized carbons (Fsp3) is 0.348. The first kappa shape index (κ1) is 21.0. The van der Waals surface area contributed by atoms with Crippen LogP contribution < -0.4 is 10.2 Å². The number of aryl methyl sites for hydroxylation is 2. The minimum Gasteiger partial charge on any atom is -0.421 e. The number of anilines is 1. The van der Waals surface area contributed by atoms with Crippen LogP contribution in [0.4, 0.5) is 14.5 Å². The van der Waals surface area contributed by atoms with Gasteiger partial charge < -0.3 is 14.6 Å². The van der Waals surface area contributed by atoms with E-state index in [1.165, 1.54) is 6.07 Å². The second kappa shape index (κ2) is 9.24. The molecule has 0 saturated carbocycles. The highest BCUT2D eigenvalue weighted by Gasteiger charge is 2.24. The Bertz CT molecular complexity index is 1050. The monoisotopic (exact) mass is 426 g/mol. The van der Waals surface area contributed by atoms with Gasteiger partial charge in [-0.2, -0.15) is 0 Å². The van der Waals surface area contributed by atoms with Gasteiger partial charge in [-0.05, 0) is 43.5 Å². The lowest BCUT2D eigenvalue weighted by molar-refractivity contribution is -0.121. The normalized spacial score (nSPS) is 16.0. The second-order valence-electron chi connectivity index (χ2n) is 7.87. The van der Waals surface area contributed by atoms with Crippen molar-refractivity contribution in [3.05, 3.63) is 65.6 Å². The van der Waals surface area contributed by atoms with Crippen LogP contribution in [0.25, 0.3) is 11.5 Å². The van der Waals surface area contributed by atoms with Crippen molar-refractivity contribution in [2.24, 2.45) is 5.92 Å². The van der Waals surface area contributed by atoms with Crippen molar-refractivity contribution in [3.8, 4) is 11.5 Å². The Hall–Kier alpha value is -3.29. The van der Waals surface area contributed by atoms with Gasteiger partial charge in [-0.1, -0.05) is 17.7 Å². The molecule has 1 saturated heterocycles. The van der Waals surface area contributed by atoms with E-state index in [1.54, 1.807) is 6.07 Å². The van der Waals surface area contributed by atoms with E-state index in [0.717, 1.165) is 30.2 Å². The van der Waals surface area contributed by atoms with Crippen molar-refractivity contribution in [2.45, 2.75) is 26.2 Å². The lowest BCUT2D eigenvalue weighted by Crippen LogP contribution is -2.31. The molecule has 0 spiro atoms. The molecule has 6 nitrogen and oxygen atoms in total. The maximum absolute atomic E-state index is 13.4. The second-order valence-corrected chi connectivity index (χ2v) is 7.87. The molecule has 1 aliphatic rings. The summed E-state index contributed by atoms with van der Waals surface area (Å²) in [5, 5.41) is 11.0. The predicted molar refractivity (Wildman–Crippen MR) is 112 cm³/mol. The summed E-state index contributed by atoms with van der Waals surface area (Å²) >= 11 is 0. The van der Waals surface area contributed by atoms with Crippen LogP contribution in [0, 0.1) is 24.5 Å². The number of hydrogen-bond donors (Lipinski definition) is 1. The number of benzene rings is 2. The maximum Gasteiger partial charge on any atom is 0.247 e. The van der Waals surface area contributed by atoms with Gasteiger partial charge >= 0.3 is 0 Å². The van der Waals surface area contributed by atoms with Gasteiger partial charge in [-0.15, -0.1) is 10.2 Å². The predicted octanol–water partition coefficient (Wildman–Crippen LogP) is 3.90. The molecule has 3 aromatic rings. The van der Waals surface area contributed by atoms with Gasteiger partial charge in [-0.25, -0.2) is 8.78 Å². The quantitative estimate of drug-likeness (QED) is 0.621. The van der Waals surface area contributed by atoms with Crippen LogP contribution in [0.1, 0.15) is 24.3 Å². The number of amides is 1. The molecule has 1 fully saturated rings. The van der Waals surface area contributed by atoms with Crippen molar-refractivity contribution in [1.29, 1.82) is 0 Å². The van der Waals surface area contributed by atoms with Crippen LogP contribution in [0.2, 0.25) is 0 Å². The Kier molecular flexibility index (Phi) is 6.25. The first-order valence-corrected chi connectivity index (χ1v) is 10.3. The minimum absolute atomic E-state index is 0.0821. The molecule has 1 amide bonds. The zero-order chi connectivity index (χ0) is 21.8. The number of hydrogen-bond acceptors (Lipinski definition) is 5. The molecular weight excluding hydrogens is 402 g/mol. The van der Waals surface area contributed by atoms with Crippen molar-refractivity contribution in [1.82, 2.24) is 15.5 Å².